The van der Waals surface area contributed by atoms with Crippen molar-refractivity contribution in [2.75, 3.05) is 28.6 Å². The second kappa shape index (κ2) is 11.3. The summed E-state index contributed by atoms with van der Waals surface area (Å²) in [6, 6.07) is 16.7. The zero-order valence-electron chi connectivity index (χ0n) is 19.5. The van der Waals surface area contributed by atoms with Crippen LogP contribution in [0.2, 0.25) is 0 Å². The summed E-state index contributed by atoms with van der Waals surface area (Å²) in [7, 11) is 0. The summed E-state index contributed by atoms with van der Waals surface area (Å²) in [6.07, 6.45) is 7.69. The van der Waals surface area contributed by atoms with Crippen molar-refractivity contribution < 1.29 is 9.59 Å². The molecule has 0 radical (unpaired) electrons. The van der Waals surface area contributed by atoms with Crippen LogP contribution in [0.25, 0.3) is 0 Å². The van der Waals surface area contributed by atoms with Crippen LogP contribution in [0.3, 0.4) is 0 Å². The van der Waals surface area contributed by atoms with Crippen LogP contribution < -0.4 is 20.9 Å². The lowest BCUT2D eigenvalue weighted by atomic mass is 10.1. The van der Waals surface area contributed by atoms with Gasteiger partial charge >= 0.3 is 6.03 Å². The fourth-order valence-corrected chi connectivity index (χ4v) is 4.22. The van der Waals surface area contributed by atoms with Gasteiger partial charge in [0.1, 0.15) is 0 Å². The van der Waals surface area contributed by atoms with Crippen molar-refractivity contribution in [2.24, 2.45) is 0 Å². The minimum Gasteiger partial charge on any atom is -0.371 e. The predicted octanol–water partition coefficient (Wildman–Crippen LogP) is 5.21. The van der Waals surface area contributed by atoms with Gasteiger partial charge in [-0.1, -0.05) is 31.2 Å². The van der Waals surface area contributed by atoms with E-state index in [1.165, 1.54) is 6.42 Å². The van der Waals surface area contributed by atoms with Gasteiger partial charge in [-0.2, -0.15) is 0 Å². The Bertz CT molecular complexity index is 1130. The monoisotopic (exact) mass is 457 g/mol. The summed E-state index contributed by atoms with van der Waals surface area (Å²) >= 11 is 0. The third kappa shape index (κ3) is 5.92. The minimum absolute atomic E-state index is 0.176. The Kier molecular flexibility index (Phi) is 7.75. The molecule has 1 aromatic heterocycles. The second-order valence-electron chi connectivity index (χ2n) is 8.41. The number of aryl methyl sites for hydroxylation is 1. The molecule has 0 saturated carbocycles. The zero-order chi connectivity index (χ0) is 23.8. The van der Waals surface area contributed by atoms with E-state index >= 15 is 0 Å². The fourth-order valence-electron chi connectivity index (χ4n) is 4.22. The standard InChI is InChI=1S/C27H31N5O2/c1-2-21-10-4-5-11-24(21)31-27(34)30-22-12-13-25(32-15-6-3-7-16-32)23(17-22)26(33)29-19-20-9-8-14-28-18-20/h4-5,8-14,17-18H,2-3,6-7,15-16,19H2,1H3,(H,29,33)(H2,30,31,34). The molecule has 0 unspecified atom stereocenters. The van der Waals surface area contributed by atoms with Crippen LogP contribution in [0, 0.1) is 0 Å². The fraction of sp³-hybridized carbons (Fsp3) is 0.296. The SMILES string of the molecule is CCc1ccccc1NC(=O)Nc1ccc(N2CCCCC2)c(C(=O)NCc2cccnc2)c1. The van der Waals surface area contributed by atoms with E-state index in [1.807, 2.05) is 55.5 Å². The molecule has 7 nitrogen and oxygen atoms in total. The number of carbonyl (C=O) groups excluding carboxylic acids is 2. The maximum atomic E-state index is 13.2. The number of hydrogen-bond acceptors (Lipinski definition) is 4. The first-order valence-corrected chi connectivity index (χ1v) is 11.9. The molecule has 2 aromatic carbocycles. The molecule has 1 aliphatic heterocycles. The summed E-state index contributed by atoms with van der Waals surface area (Å²) in [5.41, 5.74) is 4.79. The number of nitrogens with zero attached hydrogens (tertiary/aromatic N) is 2. The molecule has 1 aliphatic rings. The zero-order valence-corrected chi connectivity index (χ0v) is 19.5. The number of nitrogens with one attached hydrogen (secondary N) is 3. The topological polar surface area (TPSA) is 86.4 Å². The normalized spacial score (nSPS) is 13.3. The highest BCUT2D eigenvalue weighted by molar-refractivity contribution is 6.04. The number of hydrogen-bond donors (Lipinski definition) is 3. The average Bonchev–Trinajstić information content (AvgIpc) is 2.88. The third-order valence-corrected chi connectivity index (χ3v) is 6.02. The minimum atomic E-state index is -0.339. The van der Waals surface area contributed by atoms with Crippen molar-refractivity contribution in [3.63, 3.8) is 0 Å². The lowest BCUT2D eigenvalue weighted by molar-refractivity contribution is 0.0951. The molecule has 0 spiro atoms. The van der Waals surface area contributed by atoms with Gasteiger partial charge in [-0.05, 0) is 67.1 Å². The molecule has 176 valence electrons. The number of anilines is 3. The largest absolute Gasteiger partial charge is 0.371 e. The predicted molar refractivity (Wildman–Crippen MR) is 136 cm³/mol. The van der Waals surface area contributed by atoms with E-state index in [1.54, 1.807) is 18.5 Å². The van der Waals surface area contributed by atoms with Crippen LogP contribution >= 0.6 is 0 Å². The Labute approximate surface area is 200 Å². The lowest BCUT2D eigenvalue weighted by Crippen LogP contribution is -2.33. The molecule has 4 rings (SSSR count). The van der Waals surface area contributed by atoms with Gasteiger partial charge in [0.05, 0.1) is 5.56 Å². The van der Waals surface area contributed by atoms with Crippen molar-refractivity contribution in [3.8, 4) is 0 Å². The van der Waals surface area contributed by atoms with Crippen LogP contribution in [0.5, 0.6) is 0 Å². The molecule has 0 atom stereocenters. The number of benzene rings is 2. The van der Waals surface area contributed by atoms with Crippen LogP contribution in [0.15, 0.2) is 67.0 Å². The number of rotatable bonds is 7. The summed E-state index contributed by atoms with van der Waals surface area (Å²) in [6.45, 7) is 4.28. The van der Waals surface area contributed by atoms with Gasteiger partial charge in [0.2, 0.25) is 0 Å². The molecule has 34 heavy (non-hydrogen) atoms. The van der Waals surface area contributed by atoms with E-state index in [-0.39, 0.29) is 11.9 Å². The highest BCUT2D eigenvalue weighted by Crippen LogP contribution is 2.27. The van der Waals surface area contributed by atoms with Crippen molar-refractivity contribution in [2.45, 2.75) is 39.2 Å². The van der Waals surface area contributed by atoms with Gasteiger partial charge in [0.25, 0.3) is 5.91 Å². The number of amides is 3. The molecule has 3 aromatic rings. The molecular weight excluding hydrogens is 426 g/mol. The van der Waals surface area contributed by atoms with Gasteiger partial charge in [-0.25, -0.2) is 4.79 Å². The number of aromatic nitrogens is 1. The molecule has 2 heterocycles. The summed E-state index contributed by atoms with van der Waals surface area (Å²) in [4.78, 5) is 32.3. The maximum absolute atomic E-state index is 13.2. The van der Waals surface area contributed by atoms with E-state index < -0.39 is 0 Å². The smallest absolute Gasteiger partial charge is 0.323 e. The van der Waals surface area contributed by atoms with E-state index in [0.717, 1.165) is 54.9 Å². The molecule has 0 bridgehead atoms. The molecular formula is C27H31N5O2. The van der Waals surface area contributed by atoms with Crippen LogP contribution in [0.4, 0.5) is 21.9 Å². The second-order valence-corrected chi connectivity index (χ2v) is 8.41. The number of para-hydroxylation sites is 1. The quantitative estimate of drug-likeness (QED) is 0.455. The highest BCUT2D eigenvalue weighted by atomic mass is 16.2. The number of carbonyl (C=O) groups is 2. The van der Waals surface area contributed by atoms with Crippen molar-refractivity contribution in [3.05, 3.63) is 83.7 Å². The Morgan fingerprint density at radius 2 is 1.79 bits per heavy atom. The highest BCUT2D eigenvalue weighted by Gasteiger charge is 2.20. The lowest BCUT2D eigenvalue weighted by Gasteiger charge is -2.30. The van der Waals surface area contributed by atoms with E-state index in [4.69, 9.17) is 0 Å². The summed E-state index contributed by atoms with van der Waals surface area (Å²) in [5, 5.41) is 8.79. The van der Waals surface area contributed by atoms with Gasteiger partial charge in [-0.3, -0.25) is 9.78 Å². The van der Waals surface area contributed by atoms with Gasteiger partial charge in [0, 0.05) is 49.1 Å². The Hall–Kier alpha value is -3.87. The maximum Gasteiger partial charge on any atom is 0.323 e. The molecule has 3 N–H and O–H groups in total. The number of piperidine rings is 1. The molecule has 0 aliphatic carbocycles. The summed E-state index contributed by atoms with van der Waals surface area (Å²) in [5.74, 6) is -0.176. The van der Waals surface area contributed by atoms with Gasteiger partial charge < -0.3 is 20.9 Å². The van der Waals surface area contributed by atoms with Crippen LogP contribution in [-0.2, 0) is 13.0 Å². The average molecular weight is 458 g/mol. The molecule has 7 heteroatoms. The first-order valence-electron chi connectivity index (χ1n) is 11.9. The van der Waals surface area contributed by atoms with Crippen molar-refractivity contribution in [1.29, 1.82) is 0 Å². The molecule has 3 amide bonds. The Morgan fingerprint density at radius 3 is 2.56 bits per heavy atom. The van der Waals surface area contributed by atoms with E-state index in [2.05, 4.69) is 25.8 Å². The molecule has 1 saturated heterocycles. The van der Waals surface area contributed by atoms with Gasteiger partial charge in [-0.15, -0.1) is 0 Å². The van der Waals surface area contributed by atoms with E-state index in [9.17, 15) is 9.59 Å². The van der Waals surface area contributed by atoms with Crippen LogP contribution in [-0.4, -0.2) is 30.0 Å². The number of urea groups is 1. The Morgan fingerprint density at radius 1 is 0.971 bits per heavy atom. The first-order chi connectivity index (χ1) is 16.6. The third-order valence-electron chi connectivity index (χ3n) is 6.02. The Balaban J connectivity index is 1.52. The van der Waals surface area contributed by atoms with Crippen LogP contribution in [0.1, 0.15) is 47.7 Å². The first kappa shape index (κ1) is 23.3. The van der Waals surface area contributed by atoms with Crippen molar-refractivity contribution in [1.82, 2.24) is 10.3 Å². The van der Waals surface area contributed by atoms with Gasteiger partial charge in [0.15, 0.2) is 0 Å². The van der Waals surface area contributed by atoms with E-state index in [0.29, 0.717) is 17.8 Å². The molecule has 1 fully saturated rings. The summed E-state index contributed by atoms with van der Waals surface area (Å²) < 4.78 is 0. The van der Waals surface area contributed by atoms with Crippen molar-refractivity contribution >= 4 is 29.0 Å². The number of pyridine rings is 1.